The molecule has 3 nitrogen and oxygen atoms in total. The van der Waals surface area contributed by atoms with Crippen molar-refractivity contribution in [2.75, 3.05) is 6.54 Å². The number of hydrogen-bond acceptors (Lipinski definition) is 2. The van der Waals surface area contributed by atoms with Crippen LogP contribution in [0.5, 0.6) is 0 Å². The topological polar surface area (TPSA) is 49.3 Å². The van der Waals surface area contributed by atoms with Gasteiger partial charge in [-0.1, -0.05) is 18.0 Å². The zero-order chi connectivity index (χ0) is 13.1. The average molecular weight is 380 g/mol. The number of nitrogens with one attached hydrogen (secondary N) is 1. The summed E-state index contributed by atoms with van der Waals surface area (Å²) in [6.45, 7) is 0.530. The van der Waals surface area contributed by atoms with Gasteiger partial charge >= 0.3 is 0 Å². The highest BCUT2D eigenvalue weighted by molar-refractivity contribution is 14.1. The molecule has 0 radical (unpaired) electrons. The van der Waals surface area contributed by atoms with Gasteiger partial charge < -0.3 is 10.4 Å². The molecular formula is C13H15ClINO2. The number of carbonyl (C=O) groups excluding carboxylic acids is 1. The largest absolute Gasteiger partial charge is 0.393 e. The van der Waals surface area contributed by atoms with Crippen LogP contribution in [0.25, 0.3) is 0 Å². The van der Waals surface area contributed by atoms with Gasteiger partial charge in [-0.3, -0.25) is 4.79 Å². The lowest BCUT2D eigenvalue weighted by atomic mass is 10.1. The molecule has 98 valence electrons. The predicted molar refractivity (Wildman–Crippen MR) is 79.9 cm³/mol. The van der Waals surface area contributed by atoms with Crippen molar-refractivity contribution in [3.8, 4) is 0 Å². The van der Waals surface area contributed by atoms with Gasteiger partial charge in [-0.2, -0.15) is 0 Å². The molecule has 0 bridgehead atoms. The molecule has 2 N–H and O–H groups in total. The highest BCUT2D eigenvalue weighted by atomic mass is 127. The number of aliphatic hydroxyl groups is 1. The van der Waals surface area contributed by atoms with E-state index in [0.717, 1.165) is 22.8 Å². The molecule has 1 amide bonds. The van der Waals surface area contributed by atoms with E-state index in [-0.39, 0.29) is 17.9 Å². The molecule has 2 unspecified atom stereocenters. The fraction of sp³-hybridized carbons (Fsp3) is 0.462. The average Bonchev–Trinajstić information content (AvgIpc) is 2.75. The highest BCUT2D eigenvalue weighted by Crippen LogP contribution is 2.25. The Morgan fingerprint density at radius 3 is 2.94 bits per heavy atom. The molecule has 0 aliphatic heterocycles. The Morgan fingerprint density at radius 1 is 1.50 bits per heavy atom. The quantitative estimate of drug-likeness (QED) is 0.794. The minimum atomic E-state index is -0.274. The second-order valence-corrected chi connectivity index (χ2v) is 6.19. The minimum Gasteiger partial charge on any atom is -0.393 e. The van der Waals surface area contributed by atoms with Gasteiger partial charge in [-0.25, -0.2) is 0 Å². The van der Waals surface area contributed by atoms with Gasteiger partial charge in [0.2, 0.25) is 0 Å². The number of benzene rings is 1. The molecule has 2 rings (SSSR count). The van der Waals surface area contributed by atoms with Crippen molar-refractivity contribution in [3.05, 3.63) is 32.4 Å². The summed E-state index contributed by atoms with van der Waals surface area (Å²) in [4.78, 5) is 12.0. The van der Waals surface area contributed by atoms with Crippen LogP contribution in [0, 0.1) is 9.49 Å². The van der Waals surface area contributed by atoms with Crippen molar-refractivity contribution in [2.45, 2.75) is 25.4 Å². The molecule has 1 aromatic carbocycles. The zero-order valence-corrected chi connectivity index (χ0v) is 12.7. The monoisotopic (exact) mass is 379 g/mol. The zero-order valence-electron chi connectivity index (χ0n) is 9.83. The van der Waals surface area contributed by atoms with Gasteiger partial charge in [0.05, 0.1) is 11.7 Å². The number of hydrogen-bond donors (Lipinski definition) is 2. The van der Waals surface area contributed by atoms with Gasteiger partial charge in [-0.05, 0) is 53.6 Å². The predicted octanol–water partition coefficient (Wildman–Crippen LogP) is 2.84. The summed E-state index contributed by atoms with van der Waals surface area (Å²) in [6.07, 6.45) is 2.59. The van der Waals surface area contributed by atoms with Gasteiger partial charge in [-0.15, -0.1) is 0 Å². The van der Waals surface area contributed by atoms with Crippen LogP contribution in [0.1, 0.15) is 29.6 Å². The van der Waals surface area contributed by atoms with E-state index in [4.69, 9.17) is 11.6 Å². The van der Waals surface area contributed by atoms with E-state index < -0.39 is 0 Å². The lowest BCUT2D eigenvalue weighted by Gasteiger charge is -2.15. The van der Waals surface area contributed by atoms with E-state index in [1.165, 1.54) is 0 Å². The molecule has 0 heterocycles. The second-order valence-electron chi connectivity index (χ2n) is 4.59. The Hall–Kier alpha value is -0.330. The maximum atomic E-state index is 12.0. The summed E-state index contributed by atoms with van der Waals surface area (Å²) in [5, 5.41) is 13.1. The van der Waals surface area contributed by atoms with Crippen LogP contribution in [0.4, 0.5) is 0 Å². The van der Waals surface area contributed by atoms with Crippen LogP contribution in [0.3, 0.4) is 0 Å². The van der Waals surface area contributed by atoms with Crippen LogP contribution in [0.15, 0.2) is 18.2 Å². The molecule has 1 aromatic rings. The first-order valence-corrected chi connectivity index (χ1v) is 7.45. The molecule has 18 heavy (non-hydrogen) atoms. The van der Waals surface area contributed by atoms with E-state index in [2.05, 4.69) is 27.9 Å². The maximum absolute atomic E-state index is 12.0. The van der Waals surface area contributed by atoms with Crippen LogP contribution < -0.4 is 5.32 Å². The molecule has 1 aliphatic rings. The fourth-order valence-electron chi connectivity index (χ4n) is 2.25. The molecule has 1 aliphatic carbocycles. The summed E-state index contributed by atoms with van der Waals surface area (Å²) < 4.78 is 0.876. The SMILES string of the molecule is O=C(NCC1CCCC1O)c1cc(Cl)ccc1I. The third-order valence-electron chi connectivity index (χ3n) is 3.32. The van der Waals surface area contributed by atoms with Crippen molar-refractivity contribution in [1.82, 2.24) is 5.32 Å². The van der Waals surface area contributed by atoms with E-state index in [1.54, 1.807) is 12.1 Å². The Morgan fingerprint density at radius 2 is 2.28 bits per heavy atom. The van der Waals surface area contributed by atoms with Crippen molar-refractivity contribution >= 4 is 40.1 Å². The van der Waals surface area contributed by atoms with Gasteiger partial charge in [0.15, 0.2) is 0 Å². The van der Waals surface area contributed by atoms with Crippen molar-refractivity contribution in [2.24, 2.45) is 5.92 Å². The smallest absolute Gasteiger partial charge is 0.252 e. The lowest BCUT2D eigenvalue weighted by Crippen LogP contribution is -2.32. The van der Waals surface area contributed by atoms with Crippen LogP contribution in [0.2, 0.25) is 5.02 Å². The molecular weight excluding hydrogens is 365 g/mol. The second kappa shape index (κ2) is 6.21. The first-order chi connectivity index (χ1) is 8.58. The number of amides is 1. The summed E-state index contributed by atoms with van der Waals surface area (Å²) in [6, 6.07) is 5.26. The van der Waals surface area contributed by atoms with Crippen LogP contribution in [-0.4, -0.2) is 23.7 Å². The van der Waals surface area contributed by atoms with Gasteiger partial charge in [0.1, 0.15) is 0 Å². The minimum absolute atomic E-state index is 0.124. The van der Waals surface area contributed by atoms with Crippen LogP contribution in [-0.2, 0) is 0 Å². The Labute approximate surface area is 125 Å². The molecule has 1 fully saturated rings. The van der Waals surface area contributed by atoms with E-state index >= 15 is 0 Å². The highest BCUT2D eigenvalue weighted by Gasteiger charge is 2.25. The third-order valence-corrected chi connectivity index (χ3v) is 4.49. The molecule has 1 saturated carbocycles. The van der Waals surface area contributed by atoms with Crippen LogP contribution >= 0.6 is 34.2 Å². The number of aliphatic hydroxyl groups excluding tert-OH is 1. The lowest BCUT2D eigenvalue weighted by molar-refractivity contribution is 0.0916. The van der Waals surface area contributed by atoms with E-state index in [1.807, 2.05) is 6.07 Å². The molecule has 2 atom stereocenters. The Kier molecular flexibility index (Phi) is 4.86. The number of rotatable bonds is 3. The third kappa shape index (κ3) is 3.36. The Balaban J connectivity index is 1.97. The standard InChI is InChI=1S/C13H15ClINO2/c14-9-4-5-11(15)10(6-9)13(18)16-7-8-2-1-3-12(8)17/h4-6,8,12,17H,1-3,7H2,(H,16,18). The first-order valence-electron chi connectivity index (χ1n) is 5.99. The normalized spacial score (nSPS) is 23.1. The Bertz CT molecular complexity index is 453. The summed E-state index contributed by atoms with van der Waals surface area (Å²) in [5.41, 5.74) is 0.593. The molecule has 0 saturated heterocycles. The number of halogens is 2. The van der Waals surface area contributed by atoms with Crippen molar-refractivity contribution in [3.63, 3.8) is 0 Å². The van der Waals surface area contributed by atoms with Crippen molar-refractivity contribution in [1.29, 1.82) is 0 Å². The van der Waals surface area contributed by atoms with Gasteiger partial charge in [0, 0.05) is 21.1 Å². The summed E-state index contributed by atoms with van der Waals surface area (Å²) in [5.74, 6) is 0.0618. The molecule has 5 heteroatoms. The number of carbonyl (C=O) groups is 1. The first kappa shape index (κ1) is 14.1. The molecule has 0 spiro atoms. The summed E-state index contributed by atoms with van der Waals surface area (Å²) >= 11 is 8.00. The molecule has 0 aromatic heterocycles. The fourth-order valence-corrected chi connectivity index (χ4v) is 3.00. The summed E-state index contributed by atoms with van der Waals surface area (Å²) in [7, 11) is 0. The van der Waals surface area contributed by atoms with E-state index in [9.17, 15) is 9.90 Å². The van der Waals surface area contributed by atoms with Gasteiger partial charge in [0.25, 0.3) is 5.91 Å². The van der Waals surface area contributed by atoms with Crippen molar-refractivity contribution < 1.29 is 9.90 Å². The van der Waals surface area contributed by atoms with E-state index in [0.29, 0.717) is 17.1 Å². The maximum Gasteiger partial charge on any atom is 0.252 e.